The highest BCUT2D eigenvalue weighted by Crippen LogP contribution is 2.26. The molecule has 0 spiro atoms. The fraction of sp³-hybridized carbons (Fsp3) is 0. The van der Waals surface area contributed by atoms with E-state index in [2.05, 4.69) is 15.5 Å². The number of halogens is 1. The summed E-state index contributed by atoms with van der Waals surface area (Å²) in [6.07, 6.45) is 0. The number of anilines is 1. The van der Waals surface area contributed by atoms with Crippen LogP contribution in [0.2, 0.25) is 0 Å². The number of hydrogen-bond donors (Lipinski definition) is 1. The van der Waals surface area contributed by atoms with Crippen molar-refractivity contribution in [3.8, 4) is 10.6 Å². The molecule has 0 aliphatic heterocycles. The summed E-state index contributed by atoms with van der Waals surface area (Å²) >= 11 is 2.60. The zero-order valence-corrected chi connectivity index (χ0v) is 11.7. The summed E-state index contributed by atoms with van der Waals surface area (Å²) in [5.74, 6) is -0.508. The lowest BCUT2D eigenvalue weighted by Crippen LogP contribution is -2.09. The second kappa shape index (κ2) is 5.48. The Hall–Kier alpha value is -2.12. The molecule has 1 amide bonds. The highest BCUT2D eigenvalue weighted by Gasteiger charge is 2.11. The van der Waals surface area contributed by atoms with Crippen LogP contribution in [0.25, 0.3) is 10.6 Å². The molecule has 3 aromatic rings. The van der Waals surface area contributed by atoms with E-state index in [1.807, 2.05) is 11.4 Å². The van der Waals surface area contributed by atoms with Crippen LogP contribution in [-0.2, 0) is 0 Å². The Morgan fingerprint density at radius 1 is 1.15 bits per heavy atom. The average Bonchev–Trinajstić information content (AvgIpc) is 3.10. The van der Waals surface area contributed by atoms with E-state index < -0.39 is 0 Å². The molecule has 2 aromatic heterocycles. The van der Waals surface area contributed by atoms with Gasteiger partial charge in [-0.15, -0.1) is 21.5 Å². The Balaban J connectivity index is 1.77. The van der Waals surface area contributed by atoms with Gasteiger partial charge in [-0.3, -0.25) is 10.1 Å². The third kappa shape index (κ3) is 2.73. The van der Waals surface area contributed by atoms with E-state index in [9.17, 15) is 9.18 Å². The van der Waals surface area contributed by atoms with Crippen LogP contribution in [0.5, 0.6) is 0 Å². The molecule has 1 aromatic carbocycles. The van der Waals surface area contributed by atoms with Gasteiger partial charge in [0.2, 0.25) is 5.13 Å². The zero-order chi connectivity index (χ0) is 13.9. The topological polar surface area (TPSA) is 54.9 Å². The molecule has 2 heterocycles. The second-order valence-electron chi connectivity index (χ2n) is 3.85. The third-order valence-corrected chi connectivity index (χ3v) is 4.24. The lowest BCUT2D eigenvalue weighted by atomic mass is 10.2. The molecule has 0 bridgehead atoms. The largest absolute Gasteiger partial charge is 0.296 e. The molecule has 0 atom stereocenters. The maximum Gasteiger partial charge on any atom is 0.267 e. The Labute approximate surface area is 121 Å². The minimum Gasteiger partial charge on any atom is -0.296 e. The Bertz CT molecular complexity index is 722. The van der Waals surface area contributed by atoms with E-state index in [0.29, 0.717) is 15.0 Å². The van der Waals surface area contributed by atoms with Gasteiger partial charge in [0, 0.05) is 5.56 Å². The number of benzene rings is 1. The summed E-state index contributed by atoms with van der Waals surface area (Å²) in [7, 11) is 0. The quantitative estimate of drug-likeness (QED) is 0.803. The van der Waals surface area contributed by atoms with Gasteiger partial charge < -0.3 is 0 Å². The molecule has 7 heteroatoms. The lowest BCUT2D eigenvalue weighted by Gasteiger charge is -1.96. The van der Waals surface area contributed by atoms with Gasteiger partial charge in [-0.2, -0.15) is 0 Å². The molecule has 0 radical (unpaired) electrons. The Morgan fingerprint density at radius 3 is 2.65 bits per heavy atom. The van der Waals surface area contributed by atoms with Crippen molar-refractivity contribution in [2.24, 2.45) is 0 Å². The summed E-state index contributed by atoms with van der Waals surface area (Å²) in [5, 5.41) is 13.5. The van der Waals surface area contributed by atoms with E-state index in [0.717, 1.165) is 5.56 Å². The maximum absolute atomic E-state index is 12.8. The van der Waals surface area contributed by atoms with Crippen molar-refractivity contribution in [2.75, 3.05) is 5.32 Å². The van der Waals surface area contributed by atoms with Crippen LogP contribution in [-0.4, -0.2) is 16.1 Å². The van der Waals surface area contributed by atoms with Crippen LogP contribution < -0.4 is 5.32 Å². The van der Waals surface area contributed by atoms with Crippen molar-refractivity contribution in [3.05, 3.63) is 52.5 Å². The van der Waals surface area contributed by atoms with Gasteiger partial charge in [0.25, 0.3) is 5.91 Å². The van der Waals surface area contributed by atoms with Crippen molar-refractivity contribution in [2.45, 2.75) is 0 Å². The van der Waals surface area contributed by atoms with Crippen molar-refractivity contribution in [1.82, 2.24) is 10.2 Å². The first-order chi connectivity index (χ1) is 9.72. The van der Waals surface area contributed by atoms with Gasteiger partial charge in [-0.05, 0) is 35.7 Å². The molecule has 0 aliphatic carbocycles. The number of amides is 1. The molecule has 0 unspecified atom stereocenters. The fourth-order valence-corrected chi connectivity index (χ4v) is 2.91. The number of nitrogens with one attached hydrogen (secondary N) is 1. The van der Waals surface area contributed by atoms with Gasteiger partial charge in [-0.25, -0.2) is 4.39 Å². The van der Waals surface area contributed by atoms with E-state index in [4.69, 9.17) is 0 Å². The number of rotatable bonds is 3. The molecule has 0 saturated heterocycles. The summed E-state index contributed by atoms with van der Waals surface area (Å²) in [5.41, 5.74) is 0.764. The predicted octanol–water partition coefficient (Wildman–Crippen LogP) is 3.66. The average molecular weight is 305 g/mol. The summed E-state index contributed by atoms with van der Waals surface area (Å²) < 4.78 is 12.8. The molecule has 3 rings (SSSR count). The van der Waals surface area contributed by atoms with Gasteiger partial charge >= 0.3 is 0 Å². The molecule has 4 nitrogen and oxygen atoms in total. The molecule has 20 heavy (non-hydrogen) atoms. The van der Waals surface area contributed by atoms with Gasteiger partial charge in [-0.1, -0.05) is 17.4 Å². The molecule has 0 fully saturated rings. The van der Waals surface area contributed by atoms with Gasteiger partial charge in [0.1, 0.15) is 10.8 Å². The Kier molecular flexibility index (Phi) is 3.53. The fourth-order valence-electron chi connectivity index (χ4n) is 1.55. The minimum atomic E-state index is -0.301. The van der Waals surface area contributed by atoms with E-state index in [1.165, 1.54) is 34.8 Å². The third-order valence-electron chi connectivity index (χ3n) is 2.48. The number of carbonyl (C=O) groups excluding carboxylic acids is 1. The predicted molar refractivity (Wildman–Crippen MR) is 77.6 cm³/mol. The van der Waals surface area contributed by atoms with Gasteiger partial charge in [0.05, 0.1) is 4.88 Å². The first-order valence-electron chi connectivity index (χ1n) is 5.67. The lowest BCUT2D eigenvalue weighted by molar-refractivity contribution is 0.103. The van der Waals surface area contributed by atoms with E-state index in [1.54, 1.807) is 18.2 Å². The minimum absolute atomic E-state index is 0.207. The van der Waals surface area contributed by atoms with E-state index >= 15 is 0 Å². The smallest absolute Gasteiger partial charge is 0.267 e. The van der Waals surface area contributed by atoms with Gasteiger partial charge in [0.15, 0.2) is 0 Å². The van der Waals surface area contributed by atoms with Crippen LogP contribution in [0.1, 0.15) is 9.67 Å². The van der Waals surface area contributed by atoms with Crippen LogP contribution in [0.3, 0.4) is 0 Å². The molecule has 0 saturated carbocycles. The molecule has 1 N–H and O–H groups in total. The molecular formula is C13H8FN3OS2. The maximum atomic E-state index is 12.8. The molecular weight excluding hydrogens is 297 g/mol. The van der Waals surface area contributed by atoms with Crippen molar-refractivity contribution in [3.63, 3.8) is 0 Å². The number of hydrogen-bond acceptors (Lipinski definition) is 5. The first kappa shape index (κ1) is 12.9. The van der Waals surface area contributed by atoms with E-state index in [-0.39, 0.29) is 11.7 Å². The normalized spacial score (nSPS) is 10.4. The zero-order valence-electron chi connectivity index (χ0n) is 10.0. The number of carbonyl (C=O) groups is 1. The second-order valence-corrected chi connectivity index (χ2v) is 5.78. The van der Waals surface area contributed by atoms with Crippen LogP contribution in [0.15, 0.2) is 41.8 Å². The van der Waals surface area contributed by atoms with Crippen LogP contribution >= 0.6 is 22.7 Å². The highest BCUT2D eigenvalue weighted by molar-refractivity contribution is 7.18. The molecule has 100 valence electrons. The highest BCUT2D eigenvalue weighted by atomic mass is 32.1. The standard InChI is InChI=1S/C13H8FN3OS2/c14-9-5-3-8(4-6-9)12-16-17-13(20-12)15-11(18)10-2-1-7-19-10/h1-7H,(H,15,17,18). The summed E-state index contributed by atoms with van der Waals surface area (Å²) in [4.78, 5) is 12.5. The van der Waals surface area contributed by atoms with Crippen molar-refractivity contribution in [1.29, 1.82) is 0 Å². The molecule has 0 aliphatic rings. The van der Waals surface area contributed by atoms with Crippen molar-refractivity contribution < 1.29 is 9.18 Å². The van der Waals surface area contributed by atoms with Crippen LogP contribution in [0.4, 0.5) is 9.52 Å². The first-order valence-corrected chi connectivity index (χ1v) is 7.36. The summed E-state index contributed by atoms with van der Waals surface area (Å²) in [6, 6.07) is 9.52. The SMILES string of the molecule is O=C(Nc1nnc(-c2ccc(F)cc2)s1)c1cccs1. The monoisotopic (exact) mass is 305 g/mol. The number of nitrogens with zero attached hydrogens (tertiary/aromatic N) is 2. The Morgan fingerprint density at radius 2 is 1.95 bits per heavy atom. The number of thiophene rings is 1. The van der Waals surface area contributed by atoms with Crippen LogP contribution in [0, 0.1) is 5.82 Å². The summed E-state index contributed by atoms with van der Waals surface area (Å²) in [6.45, 7) is 0. The number of aromatic nitrogens is 2. The van der Waals surface area contributed by atoms with Crippen molar-refractivity contribution >= 4 is 33.7 Å².